The molecule has 0 saturated carbocycles. The van der Waals surface area contributed by atoms with E-state index in [-0.39, 0.29) is 36.4 Å². The van der Waals surface area contributed by atoms with Crippen LogP contribution in [-0.2, 0) is 14.3 Å². The maximum Gasteiger partial charge on any atom is 0.243 e. The van der Waals surface area contributed by atoms with Crippen molar-refractivity contribution in [1.82, 2.24) is 10.6 Å². The Kier molecular flexibility index (Phi) is 14.3. The number of nitrogens with zero attached hydrogens (tertiary/aromatic N) is 1. The minimum atomic E-state index is -0.123. The van der Waals surface area contributed by atoms with E-state index in [9.17, 15) is 4.79 Å². The number of benzene rings is 1. The first kappa shape index (κ1) is 22.6. The molecule has 3 N–H and O–H groups in total. The number of halogens is 1. The summed E-state index contributed by atoms with van der Waals surface area (Å²) in [7, 11) is 3.31. The SMILES string of the molecule is CN=C(NCCCOCCOC)NCC(=O)Nc1ccccc1.I. The van der Waals surface area contributed by atoms with E-state index in [1.807, 2.05) is 30.3 Å². The third kappa shape index (κ3) is 11.2. The number of rotatable bonds is 10. The van der Waals surface area contributed by atoms with Gasteiger partial charge in [0.05, 0.1) is 19.8 Å². The third-order valence-electron chi connectivity index (χ3n) is 2.89. The topological polar surface area (TPSA) is 84.0 Å². The molecule has 7 nitrogen and oxygen atoms in total. The molecule has 0 fully saturated rings. The summed E-state index contributed by atoms with van der Waals surface area (Å²) in [6.07, 6.45) is 0.848. The molecular weight excluding hydrogens is 423 g/mol. The molecule has 8 heteroatoms. The molecule has 0 unspecified atom stereocenters. The normalized spacial score (nSPS) is 10.7. The monoisotopic (exact) mass is 450 g/mol. The zero-order valence-corrected chi connectivity index (χ0v) is 16.5. The Morgan fingerprint density at radius 1 is 1.12 bits per heavy atom. The van der Waals surface area contributed by atoms with Crippen molar-refractivity contribution in [3.05, 3.63) is 30.3 Å². The number of hydrogen-bond donors (Lipinski definition) is 3. The van der Waals surface area contributed by atoms with E-state index in [0.29, 0.717) is 32.3 Å². The van der Waals surface area contributed by atoms with Crippen LogP contribution in [0.25, 0.3) is 0 Å². The van der Waals surface area contributed by atoms with Gasteiger partial charge in [0.1, 0.15) is 0 Å². The number of nitrogens with one attached hydrogen (secondary N) is 3. The molecule has 0 heterocycles. The van der Waals surface area contributed by atoms with Crippen LogP contribution in [0.15, 0.2) is 35.3 Å². The van der Waals surface area contributed by atoms with Crippen LogP contribution in [0.3, 0.4) is 0 Å². The van der Waals surface area contributed by atoms with E-state index in [4.69, 9.17) is 9.47 Å². The lowest BCUT2D eigenvalue weighted by molar-refractivity contribution is -0.115. The molecule has 1 aromatic carbocycles. The fourth-order valence-corrected chi connectivity index (χ4v) is 1.74. The van der Waals surface area contributed by atoms with Crippen LogP contribution < -0.4 is 16.0 Å². The first-order chi connectivity index (χ1) is 11.3. The molecule has 1 aromatic rings. The molecule has 0 aliphatic heterocycles. The highest BCUT2D eigenvalue weighted by atomic mass is 127. The lowest BCUT2D eigenvalue weighted by Gasteiger charge is -2.12. The second-order valence-corrected chi connectivity index (χ2v) is 4.73. The van der Waals surface area contributed by atoms with Crippen LogP contribution in [-0.4, -0.2) is 58.9 Å². The maximum atomic E-state index is 11.8. The number of ether oxygens (including phenoxy) is 2. The van der Waals surface area contributed by atoms with Crippen LogP contribution in [0.5, 0.6) is 0 Å². The number of carbonyl (C=O) groups excluding carboxylic acids is 1. The highest BCUT2D eigenvalue weighted by Gasteiger charge is 2.03. The summed E-state index contributed by atoms with van der Waals surface area (Å²) in [5.41, 5.74) is 0.774. The van der Waals surface area contributed by atoms with Gasteiger partial charge >= 0.3 is 0 Å². The van der Waals surface area contributed by atoms with Crippen molar-refractivity contribution in [3.63, 3.8) is 0 Å². The van der Waals surface area contributed by atoms with Gasteiger partial charge in [-0.05, 0) is 18.6 Å². The van der Waals surface area contributed by atoms with Crippen LogP contribution >= 0.6 is 24.0 Å². The zero-order valence-electron chi connectivity index (χ0n) is 14.2. The number of carbonyl (C=O) groups is 1. The molecule has 0 atom stereocenters. The Hall–Kier alpha value is -1.39. The summed E-state index contributed by atoms with van der Waals surface area (Å²) in [6.45, 7) is 2.73. The zero-order chi connectivity index (χ0) is 16.8. The predicted octanol–water partition coefficient (Wildman–Crippen LogP) is 1.46. The first-order valence-electron chi connectivity index (χ1n) is 7.62. The number of aliphatic imine (C=N–C) groups is 1. The minimum Gasteiger partial charge on any atom is -0.382 e. The third-order valence-corrected chi connectivity index (χ3v) is 2.89. The van der Waals surface area contributed by atoms with Gasteiger partial charge in [0, 0.05) is 33.0 Å². The van der Waals surface area contributed by atoms with Gasteiger partial charge in [0.2, 0.25) is 5.91 Å². The van der Waals surface area contributed by atoms with Crippen molar-refractivity contribution in [2.24, 2.45) is 4.99 Å². The standard InChI is InChI=1S/C16H26N4O3.HI/c1-17-16(18-9-6-10-23-12-11-22-2)19-13-15(21)20-14-7-4-3-5-8-14;/h3-5,7-8H,6,9-13H2,1-2H3,(H,20,21)(H2,17,18,19);1H. The summed E-state index contributed by atoms with van der Waals surface area (Å²) < 4.78 is 10.3. The van der Waals surface area contributed by atoms with Crippen molar-refractivity contribution in [2.45, 2.75) is 6.42 Å². The van der Waals surface area contributed by atoms with E-state index < -0.39 is 0 Å². The average molecular weight is 450 g/mol. The minimum absolute atomic E-state index is 0. The molecule has 24 heavy (non-hydrogen) atoms. The maximum absolute atomic E-state index is 11.8. The molecule has 0 aliphatic carbocycles. The number of amides is 1. The summed E-state index contributed by atoms with van der Waals surface area (Å²) >= 11 is 0. The Morgan fingerprint density at radius 3 is 2.54 bits per heavy atom. The highest BCUT2D eigenvalue weighted by Crippen LogP contribution is 2.03. The summed E-state index contributed by atoms with van der Waals surface area (Å²) in [5, 5.41) is 8.90. The van der Waals surface area contributed by atoms with Gasteiger partial charge in [-0.3, -0.25) is 9.79 Å². The van der Waals surface area contributed by atoms with Crippen LogP contribution in [0.2, 0.25) is 0 Å². The number of guanidine groups is 1. The Balaban J connectivity index is 0.00000529. The molecule has 1 rings (SSSR count). The van der Waals surface area contributed by atoms with E-state index in [2.05, 4.69) is 20.9 Å². The van der Waals surface area contributed by atoms with Gasteiger partial charge in [-0.1, -0.05) is 18.2 Å². The molecular formula is C16H27IN4O3. The van der Waals surface area contributed by atoms with Gasteiger partial charge in [0.25, 0.3) is 0 Å². The van der Waals surface area contributed by atoms with Crippen LogP contribution in [0.4, 0.5) is 5.69 Å². The van der Waals surface area contributed by atoms with Crippen molar-refractivity contribution < 1.29 is 14.3 Å². The summed E-state index contributed by atoms with van der Waals surface area (Å²) in [5.74, 6) is 0.465. The van der Waals surface area contributed by atoms with Gasteiger partial charge in [0.15, 0.2) is 5.96 Å². The molecule has 0 radical (unpaired) electrons. The molecule has 136 valence electrons. The second kappa shape index (κ2) is 15.2. The van der Waals surface area contributed by atoms with Gasteiger partial charge in [-0.25, -0.2) is 0 Å². The van der Waals surface area contributed by atoms with Crippen molar-refractivity contribution in [2.75, 3.05) is 52.4 Å². The number of hydrogen-bond acceptors (Lipinski definition) is 4. The van der Waals surface area contributed by atoms with Crippen LogP contribution in [0, 0.1) is 0 Å². The molecule has 0 aliphatic rings. The fraction of sp³-hybridized carbons (Fsp3) is 0.500. The van der Waals surface area contributed by atoms with Crippen LogP contribution in [0.1, 0.15) is 6.42 Å². The van der Waals surface area contributed by atoms with Gasteiger partial charge < -0.3 is 25.4 Å². The number of anilines is 1. The molecule has 0 saturated heterocycles. The van der Waals surface area contributed by atoms with Crippen molar-refractivity contribution >= 4 is 41.5 Å². The Bertz CT molecular complexity index is 472. The van der Waals surface area contributed by atoms with E-state index in [1.54, 1.807) is 14.2 Å². The van der Waals surface area contributed by atoms with Gasteiger partial charge in [-0.15, -0.1) is 24.0 Å². The second-order valence-electron chi connectivity index (χ2n) is 4.73. The largest absolute Gasteiger partial charge is 0.382 e. The quantitative estimate of drug-likeness (QED) is 0.218. The molecule has 0 aromatic heterocycles. The van der Waals surface area contributed by atoms with Crippen molar-refractivity contribution in [3.8, 4) is 0 Å². The number of methoxy groups -OCH3 is 1. The van der Waals surface area contributed by atoms with E-state index in [1.165, 1.54) is 0 Å². The predicted molar refractivity (Wildman–Crippen MR) is 107 cm³/mol. The average Bonchev–Trinajstić information content (AvgIpc) is 2.57. The summed E-state index contributed by atoms with van der Waals surface area (Å²) in [6, 6.07) is 9.33. The molecule has 1 amide bonds. The first-order valence-corrected chi connectivity index (χ1v) is 7.62. The van der Waals surface area contributed by atoms with Crippen molar-refractivity contribution in [1.29, 1.82) is 0 Å². The van der Waals surface area contributed by atoms with Gasteiger partial charge in [-0.2, -0.15) is 0 Å². The molecule has 0 bridgehead atoms. The lowest BCUT2D eigenvalue weighted by atomic mass is 10.3. The Labute approximate surface area is 160 Å². The summed E-state index contributed by atoms with van der Waals surface area (Å²) in [4.78, 5) is 15.9. The lowest BCUT2D eigenvalue weighted by Crippen LogP contribution is -2.41. The smallest absolute Gasteiger partial charge is 0.243 e. The van der Waals surface area contributed by atoms with E-state index in [0.717, 1.165) is 12.1 Å². The highest BCUT2D eigenvalue weighted by molar-refractivity contribution is 14.0. The van der Waals surface area contributed by atoms with E-state index >= 15 is 0 Å². The number of para-hydroxylation sites is 1. The fourth-order valence-electron chi connectivity index (χ4n) is 1.74. The molecule has 0 spiro atoms. The Morgan fingerprint density at radius 2 is 1.88 bits per heavy atom.